The van der Waals surface area contributed by atoms with E-state index in [1.54, 1.807) is 12.4 Å². The van der Waals surface area contributed by atoms with Crippen molar-refractivity contribution < 1.29 is 0 Å². The van der Waals surface area contributed by atoms with Crippen LogP contribution in [-0.4, -0.2) is 44.0 Å². The molecule has 0 aliphatic carbocycles. The van der Waals surface area contributed by atoms with Gasteiger partial charge in [-0.3, -0.25) is 4.98 Å². The summed E-state index contributed by atoms with van der Waals surface area (Å²) in [6.07, 6.45) is 3.60. The van der Waals surface area contributed by atoms with Crippen molar-refractivity contribution in [3.63, 3.8) is 0 Å². The van der Waals surface area contributed by atoms with Crippen LogP contribution in [0.25, 0.3) is 88.9 Å². The van der Waals surface area contributed by atoms with E-state index in [9.17, 15) is 5.26 Å². The van der Waals surface area contributed by atoms with E-state index in [4.69, 9.17) is 0 Å². The highest BCUT2D eigenvalue weighted by Gasteiger charge is 2.23. The first-order valence-electron chi connectivity index (χ1n) is 18.3. The summed E-state index contributed by atoms with van der Waals surface area (Å²) in [6, 6.07) is 40.1. The van der Waals surface area contributed by atoms with E-state index < -0.39 is 0 Å². The number of pyridine rings is 1. The van der Waals surface area contributed by atoms with Crippen molar-refractivity contribution in [3.05, 3.63) is 150 Å². The maximum atomic E-state index is 11.3. The van der Waals surface area contributed by atoms with Crippen LogP contribution in [0.4, 0.5) is 0 Å². The fourth-order valence-corrected chi connectivity index (χ4v) is 8.02. The van der Waals surface area contributed by atoms with Gasteiger partial charge in [-0.1, -0.05) is 36.4 Å². The molecule has 5 heterocycles. The molecule has 0 amide bonds. The molecule has 0 saturated carbocycles. The van der Waals surface area contributed by atoms with Crippen LogP contribution >= 0.6 is 0 Å². The number of nitrogens with zero attached hydrogens (tertiary/aromatic N) is 10. The Bertz CT molecular complexity index is 3030. The zero-order chi connectivity index (χ0) is 38.1. The fourth-order valence-electron chi connectivity index (χ4n) is 8.02. The lowest BCUT2D eigenvalue weighted by molar-refractivity contribution is 0.928. The lowest BCUT2D eigenvalue weighted by Gasteiger charge is -2.18. The van der Waals surface area contributed by atoms with Crippen LogP contribution in [0.3, 0.4) is 0 Å². The molecular weight excluding hydrogens is 693 g/mol. The van der Waals surface area contributed by atoms with Gasteiger partial charge in [-0.25, -0.2) is 29.9 Å². The molecule has 10 heteroatoms. The lowest BCUT2D eigenvalue weighted by atomic mass is 10.0. The average Bonchev–Trinajstić information content (AvgIpc) is 3.72. The molecule has 0 aliphatic heterocycles. The summed E-state index contributed by atoms with van der Waals surface area (Å²) in [5.41, 5.74) is 9.67. The van der Waals surface area contributed by atoms with Crippen LogP contribution in [0, 0.1) is 39.0 Å². The first-order chi connectivity index (χ1) is 27.3. The molecule has 0 radical (unpaired) electrons. The predicted molar refractivity (Wildman–Crippen MR) is 220 cm³/mol. The van der Waals surface area contributed by atoms with Crippen LogP contribution in [0.1, 0.15) is 28.9 Å². The molecule has 5 aromatic carbocycles. The Morgan fingerprint density at radius 2 is 0.857 bits per heavy atom. The number of rotatable bonds is 5. The quantitative estimate of drug-likeness (QED) is 0.172. The number of hydrogen-bond donors (Lipinski definition) is 0. The van der Waals surface area contributed by atoms with Gasteiger partial charge in [0.15, 0.2) is 11.6 Å². The van der Waals surface area contributed by atoms with Crippen molar-refractivity contribution in [3.8, 4) is 51.3 Å². The Hall–Kier alpha value is -7.64. The van der Waals surface area contributed by atoms with Crippen LogP contribution in [0.2, 0.25) is 0 Å². The standard InChI is InChI=1S/C46H32N10/c1-26-49-27(2)52-45(51-26)31-13-15-41-36(21-31)34-9-5-7-11-39(34)55(41)43-23-33(30-17-19-48-20-18-30)24-44(38(43)25-47)56-40-12-8-6-10-35(40)37-22-32(14-16-42(37)56)46-53-28(3)50-29(4)54-46/h5-24H,1-4H3. The van der Waals surface area contributed by atoms with Gasteiger partial charge in [0.1, 0.15) is 34.9 Å². The van der Waals surface area contributed by atoms with Crippen molar-refractivity contribution in [1.29, 1.82) is 5.26 Å². The van der Waals surface area contributed by atoms with Gasteiger partial charge in [-0.05, 0) is 112 Å². The topological polar surface area (TPSA) is 124 Å². The minimum Gasteiger partial charge on any atom is -0.308 e. The van der Waals surface area contributed by atoms with E-state index in [-0.39, 0.29) is 0 Å². The summed E-state index contributed by atoms with van der Waals surface area (Å²) >= 11 is 0. The molecule has 0 fully saturated rings. The zero-order valence-electron chi connectivity index (χ0n) is 31.0. The van der Waals surface area contributed by atoms with Gasteiger partial charge in [0.25, 0.3) is 0 Å². The molecule has 0 aliphatic rings. The Balaban J connectivity index is 1.28. The van der Waals surface area contributed by atoms with Gasteiger partial charge in [0, 0.05) is 45.1 Å². The third-order valence-electron chi connectivity index (χ3n) is 10.3. The Kier molecular flexibility index (Phi) is 7.50. The molecule has 0 saturated heterocycles. The van der Waals surface area contributed by atoms with E-state index in [2.05, 4.69) is 111 Å². The molecule has 56 heavy (non-hydrogen) atoms. The summed E-state index contributed by atoms with van der Waals surface area (Å²) in [6.45, 7) is 7.53. The molecule has 5 aromatic heterocycles. The number of benzene rings is 5. The number of fused-ring (bicyclic) bond motifs is 6. The SMILES string of the molecule is Cc1nc(C)nc(-c2ccc3c(c2)c2ccccc2n3-c2cc(-c3ccncc3)cc(-n3c4ccccc4c4cc(-c5nc(C)nc(C)n5)ccc43)c2C#N)n1. The van der Waals surface area contributed by atoms with E-state index in [1.165, 1.54) is 0 Å². The van der Waals surface area contributed by atoms with Gasteiger partial charge >= 0.3 is 0 Å². The maximum Gasteiger partial charge on any atom is 0.163 e. The Morgan fingerprint density at radius 3 is 1.30 bits per heavy atom. The molecule has 0 spiro atoms. The summed E-state index contributed by atoms with van der Waals surface area (Å²) in [4.78, 5) is 31.7. The monoisotopic (exact) mass is 724 g/mol. The minimum absolute atomic E-state index is 0.536. The largest absolute Gasteiger partial charge is 0.308 e. The molecular formula is C46H32N10. The lowest BCUT2D eigenvalue weighted by Crippen LogP contribution is -2.05. The van der Waals surface area contributed by atoms with Crippen LogP contribution < -0.4 is 0 Å². The highest BCUT2D eigenvalue weighted by atomic mass is 15.0. The number of nitriles is 1. The van der Waals surface area contributed by atoms with Gasteiger partial charge < -0.3 is 9.13 Å². The highest BCUT2D eigenvalue weighted by Crippen LogP contribution is 2.41. The molecule has 10 rings (SSSR count). The molecule has 266 valence electrons. The number of aromatic nitrogens is 9. The molecule has 0 bridgehead atoms. The summed E-state index contributed by atoms with van der Waals surface area (Å²) < 4.78 is 4.42. The second kappa shape index (κ2) is 12.7. The minimum atomic E-state index is 0.536. The van der Waals surface area contributed by atoms with Crippen molar-refractivity contribution >= 4 is 43.6 Å². The molecule has 0 unspecified atom stereocenters. The van der Waals surface area contributed by atoms with E-state index in [1.807, 2.05) is 76.2 Å². The predicted octanol–water partition coefficient (Wildman–Crippen LogP) is 9.75. The fraction of sp³-hybridized carbons (Fsp3) is 0.0870. The molecule has 10 aromatic rings. The average molecular weight is 725 g/mol. The zero-order valence-corrected chi connectivity index (χ0v) is 31.0. The Labute approximate surface area is 321 Å². The van der Waals surface area contributed by atoms with Crippen molar-refractivity contribution in [2.45, 2.75) is 27.7 Å². The molecule has 0 atom stereocenters. The third kappa shape index (κ3) is 5.28. The summed E-state index contributed by atoms with van der Waals surface area (Å²) in [5.74, 6) is 3.95. The van der Waals surface area contributed by atoms with E-state index >= 15 is 0 Å². The van der Waals surface area contributed by atoms with E-state index in [0.29, 0.717) is 40.5 Å². The van der Waals surface area contributed by atoms with Crippen molar-refractivity contribution in [2.75, 3.05) is 0 Å². The van der Waals surface area contributed by atoms with Crippen LogP contribution in [-0.2, 0) is 0 Å². The van der Waals surface area contributed by atoms with Crippen molar-refractivity contribution in [2.24, 2.45) is 0 Å². The van der Waals surface area contributed by atoms with Gasteiger partial charge in [-0.15, -0.1) is 0 Å². The third-order valence-corrected chi connectivity index (χ3v) is 10.3. The van der Waals surface area contributed by atoms with Crippen LogP contribution in [0.5, 0.6) is 0 Å². The normalized spacial score (nSPS) is 11.6. The van der Waals surface area contributed by atoms with Gasteiger partial charge in [0.2, 0.25) is 0 Å². The van der Waals surface area contributed by atoms with Crippen LogP contribution in [0.15, 0.2) is 122 Å². The van der Waals surface area contributed by atoms with E-state index in [0.717, 1.165) is 77.2 Å². The Morgan fingerprint density at radius 1 is 0.429 bits per heavy atom. The van der Waals surface area contributed by atoms with Crippen molar-refractivity contribution in [1.82, 2.24) is 44.0 Å². The first kappa shape index (κ1) is 33.0. The molecule has 0 N–H and O–H groups in total. The van der Waals surface area contributed by atoms with Gasteiger partial charge in [0.05, 0.1) is 33.4 Å². The molecule has 10 nitrogen and oxygen atoms in total. The number of para-hydroxylation sites is 2. The van der Waals surface area contributed by atoms with Gasteiger partial charge in [-0.2, -0.15) is 5.26 Å². The number of aryl methyl sites for hydroxylation is 4. The first-order valence-corrected chi connectivity index (χ1v) is 18.3. The highest BCUT2D eigenvalue weighted by molar-refractivity contribution is 6.12. The second-order valence-electron chi connectivity index (χ2n) is 13.9. The summed E-state index contributed by atoms with van der Waals surface area (Å²) in [7, 11) is 0. The maximum absolute atomic E-state index is 11.3. The summed E-state index contributed by atoms with van der Waals surface area (Å²) in [5, 5.41) is 15.5. The second-order valence-corrected chi connectivity index (χ2v) is 13.9. The smallest absolute Gasteiger partial charge is 0.163 e. The number of hydrogen-bond acceptors (Lipinski definition) is 8.